The molecule has 0 saturated carbocycles. The monoisotopic (exact) mass is 474 g/mol. The minimum absolute atomic E-state index is 0.129. The zero-order valence-corrected chi connectivity index (χ0v) is 20.4. The van der Waals surface area contributed by atoms with Gasteiger partial charge in [0.25, 0.3) is 0 Å². The van der Waals surface area contributed by atoms with Crippen molar-refractivity contribution in [3.63, 3.8) is 0 Å². The molecule has 170 valence electrons. The van der Waals surface area contributed by atoms with Gasteiger partial charge in [0, 0.05) is 11.9 Å². The molecule has 0 radical (unpaired) electrons. The normalized spacial score (nSPS) is 10.8. The predicted molar refractivity (Wildman–Crippen MR) is 126 cm³/mol. The highest BCUT2D eigenvalue weighted by Crippen LogP contribution is 2.29. The molecule has 3 aromatic rings. The predicted octanol–water partition coefficient (Wildman–Crippen LogP) is 4.15. The van der Waals surface area contributed by atoms with Crippen molar-refractivity contribution in [2.75, 3.05) is 18.2 Å². The minimum Gasteiger partial charge on any atom is -0.485 e. The lowest BCUT2D eigenvalue weighted by Crippen LogP contribution is -2.16. The number of amides is 1. The smallest absolute Gasteiger partial charge is 0.340 e. The van der Waals surface area contributed by atoms with Gasteiger partial charge >= 0.3 is 5.97 Å². The van der Waals surface area contributed by atoms with Crippen LogP contribution in [0.3, 0.4) is 0 Å². The van der Waals surface area contributed by atoms with Crippen LogP contribution in [0, 0.1) is 13.8 Å². The van der Waals surface area contributed by atoms with E-state index in [1.54, 1.807) is 6.07 Å². The third-order valence-electron chi connectivity index (χ3n) is 4.96. The van der Waals surface area contributed by atoms with E-state index in [4.69, 9.17) is 9.47 Å². The molecule has 0 unspecified atom stereocenters. The Hall–Kier alpha value is -2.85. The second-order valence-electron chi connectivity index (χ2n) is 7.08. The number of nitrogens with zero attached hydrogens (tertiary/aromatic N) is 3. The number of anilines is 1. The molecular formula is C22H26N4O4S2. The minimum atomic E-state index is -0.467. The number of benzene rings is 1. The summed E-state index contributed by atoms with van der Waals surface area (Å²) in [5.41, 5.74) is 2.62. The summed E-state index contributed by atoms with van der Waals surface area (Å²) in [7, 11) is 3.16. The molecule has 8 nitrogen and oxygen atoms in total. The fourth-order valence-corrected chi connectivity index (χ4v) is 4.61. The van der Waals surface area contributed by atoms with Gasteiger partial charge < -0.3 is 19.4 Å². The van der Waals surface area contributed by atoms with Crippen LogP contribution >= 0.6 is 23.1 Å². The van der Waals surface area contributed by atoms with Crippen LogP contribution < -0.4 is 10.1 Å². The van der Waals surface area contributed by atoms with Crippen LogP contribution in [-0.4, -0.2) is 39.5 Å². The number of aryl methyl sites for hydroxylation is 2. The van der Waals surface area contributed by atoms with Crippen LogP contribution in [0.5, 0.6) is 5.75 Å². The largest absolute Gasteiger partial charge is 0.485 e. The van der Waals surface area contributed by atoms with Crippen LogP contribution in [0.2, 0.25) is 0 Å². The standard InChI is InChI=1S/C22H26N4O4S2/c1-6-15-10-16(21(28)29-5)20(32-15)23-19(27)12-31-22-25-24-18(26(22)4)11-30-17-9-7-8-13(2)14(17)3/h7-10H,6,11-12H2,1-5H3,(H,23,27). The Morgan fingerprint density at radius 1 is 1.25 bits per heavy atom. The van der Waals surface area contributed by atoms with Gasteiger partial charge in [-0.25, -0.2) is 4.79 Å². The number of aromatic nitrogens is 3. The lowest BCUT2D eigenvalue weighted by molar-refractivity contribution is -0.113. The molecule has 32 heavy (non-hydrogen) atoms. The van der Waals surface area contributed by atoms with Crippen molar-refractivity contribution >= 4 is 40.0 Å². The zero-order valence-electron chi connectivity index (χ0n) is 18.7. The molecule has 0 saturated heterocycles. The molecule has 0 spiro atoms. The molecule has 1 N–H and O–H groups in total. The summed E-state index contributed by atoms with van der Waals surface area (Å²) in [6.07, 6.45) is 0.769. The van der Waals surface area contributed by atoms with E-state index in [9.17, 15) is 9.59 Å². The summed E-state index contributed by atoms with van der Waals surface area (Å²) in [4.78, 5) is 25.5. The first-order chi connectivity index (χ1) is 15.3. The molecule has 3 rings (SSSR count). The highest BCUT2D eigenvalue weighted by molar-refractivity contribution is 7.99. The van der Waals surface area contributed by atoms with Crippen LogP contribution in [0.25, 0.3) is 0 Å². The summed E-state index contributed by atoms with van der Waals surface area (Å²) in [5.74, 6) is 0.897. The molecule has 2 aromatic heterocycles. The van der Waals surface area contributed by atoms with Gasteiger partial charge in [0.15, 0.2) is 11.0 Å². The molecular weight excluding hydrogens is 448 g/mol. The van der Waals surface area contributed by atoms with Crippen molar-refractivity contribution in [3.05, 3.63) is 51.7 Å². The first-order valence-electron chi connectivity index (χ1n) is 10.0. The zero-order chi connectivity index (χ0) is 23.3. The van der Waals surface area contributed by atoms with Gasteiger partial charge in [-0.3, -0.25) is 4.79 Å². The Morgan fingerprint density at radius 3 is 2.75 bits per heavy atom. The molecule has 0 bridgehead atoms. The van der Waals surface area contributed by atoms with E-state index in [1.807, 2.05) is 50.6 Å². The summed E-state index contributed by atoms with van der Waals surface area (Å²) >= 11 is 2.64. The van der Waals surface area contributed by atoms with Crippen molar-refractivity contribution in [3.8, 4) is 5.75 Å². The number of ether oxygens (including phenoxy) is 2. The third kappa shape index (κ3) is 5.49. The van der Waals surface area contributed by atoms with E-state index in [-0.39, 0.29) is 18.3 Å². The molecule has 0 aliphatic carbocycles. The highest BCUT2D eigenvalue weighted by Gasteiger charge is 2.19. The second kappa shape index (κ2) is 10.6. The van der Waals surface area contributed by atoms with Crippen molar-refractivity contribution in [1.82, 2.24) is 14.8 Å². The van der Waals surface area contributed by atoms with Crippen molar-refractivity contribution in [2.24, 2.45) is 7.05 Å². The lowest BCUT2D eigenvalue weighted by atomic mass is 10.1. The first kappa shape index (κ1) is 23.8. The Kier molecular flexibility index (Phi) is 7.92. The van der Waals surface area contributed by atoms with Crippen molar-refractivity contribution in [1.29, 1.82) is 0 Å². The van der Waals surface area contributed by atoms with Gasteiger partial charge in [-0.15, -0.1) is 21.5 Å². The molecule has 1 amide bonds. The number of thioether (sulfide) groups is 1. The number of carbonyl (C=O) groups excluding carboxylic acids is 2. The number of hydrogen-bond donors (Lipinski definition) is 1. The Morgan fingerprint density at radius 2 is 2.03 bits per heavy atom. The molecule has 0 aliphatic heterocycles. The first-order valence-corrected chi connectivity index (χ1v) is 11.8. The highest BCUT2D eigenvalue weighted by atomic mass is 32.2. The fraction of sp³-hybridized carbons (Fsp3) is 0.364. The maximum Gasteiger partial charge on any atom is 0.340 e. The molecule has 10 heteroatoms. The average molecular weight is 475 g/mol. The molecule has 0 atom stereocenters. The van der Waals surface area contributed by atoms with Crippen LogP contribution in [0.1, 0.15) is 39.1 Å². The van der Waals surface area contributed by atoms with Crippen molar-refractivity contribution in [2.45, 2.75) is 39.0 Å². The summed E-state index contributed by atoms with van der Waals surface area (Å²) in [5, 5.41) is 12.3. The van der Waals surface area contributed by atoms with Gasteiger partial charge in [-0.05, 0) is 43.5 Å². The van der Waals surface area contributed by atoms with Crippen LogP contribution in [-0.2, 0) is 29.6 Å². The van der Waals surface area contributed by atoms with Crippen molar-refractivity contribution < 1.29 is 19.1 Å². The number of methoxy groups -OCH3 is 1. The maximum atomic E-state index is 12.5. The van der Waals surface area contributed by atoms with E-state index < -0.39 is 5.97 Å². The number of hydrogen-bond acceptors (Lipinski definition) is 8. The summed E-state index contributed by atoms with van der Waals surface area (Å²) in [6, 6.07) is 7.68. The van der Waals surface area contributed by atoms with Crippen LogP contribution in [0.15, 0.2) is 29.4 Å². The molecule has 1 aromatic carbocycles. The number of esters is 1. The third-order valence-corrected chi connectivity index (χ3v) is 7.17. The summed E-state index contributed by atoms with van der Waals surface area (Å²) in [6.45, 7) is 6.32. The van der Waals surface area contributed by atoms with Crippen LogP contribution in [0.4, 0.5) is 5.00 Å². The topological polar surface area (TPSA) is 95.3 Å². The second-order valence-corrected chi connectivity index (χ2v) is 9.16. The SMILES string of the molecule is CCc1cc(C(=O)OC)c(NC(=O)CSc2nnc(COc3cccc(C)c3C)n2C)s1. The number of carbonyl (C=O) groups is 2. The maximum absolute atomic E-state index is 12.5. The number of rotatable bonds is 9. The Labute approximate surface area is 195 Å². The quantitative estimate of drug-likeness (QED) is 0.368. The molecule has 0 fully saturated rings. The van der Waals surface area contributed by atoms with E-state index in [0.717, 1.165) is 28.2 Å². The lowest BCUT2D eigenvalue weighted by Gasteiger charge is -2.10. The average Bonchev–Trinajstić information content (AvgIpc) is 3.35. The van der Waals surface area contributed by atoms with Gasteiger partial charge in [-0.1, -0.05) is 30.8 Å². The Balaban J connectivity index is 1.59. The van der Waals surface area contributed by atoms with E-state index >= 15 is 0 Å². The van der Waals surface area contributed by atoms with E-state index in [1.165, 1.54) is 30.2 Å². The van der Waals surface area contributed by atoms with Gasteiger partial charge in [0.2, 0.25) is 5.91 Å². The van der Waals surface area contributed by atoms with E-state index in [0.29, 0.717) is 21.5 Å². The summed E-state index contributed by atoms with van der Waals surface area (Å²) < 4.78 is 12.5. The number of thiophene rings is 1. The van der Waals surface area contributed by atoms with E-state index in [2.05, 4.69) is 15.5 Å². The van der Waals surface area contributed by atoms with Gasteiger partial charge in [-0.2, -0.15) is 0 Å². The fourth-order valence-electron chi connectivity index (χ4n) is 2.88. The molecule has 0 aliphatic rings. The molecule has 2 heterocycles. The number of nitrogens with one attached hydrogen (secondary N) is 1. The van der Waals surface area contributed by atoms with Gasteiger partial charge in [0.1, 0.15) is 17.4 Å². The Bertz CT molecular complexity index is 1120. The van der Waals surface area contributed by atoms with Gasteiger partial charge in [0.05, 0.1) is 18.4 Å².